The van der Waals surface area contributed by atoms with Gasteiger partial charge in [-0.05, 0) is 24.5 Å². The fraction of sp³-hybridized carbons (Fsp3) is 0.545. The van der Waals surface area contributed by atoms with Crippen LogP contribution in [-0.2, 0) is 11.3 Å². The maximum Gasteiger partial charge on any atom is 0.263 e. The highest BCUT2D eigenvalue weighted by molar-refractivity contribution is 5.94. The Bertz CT molecular complexity index is 1030. The number of ether oxygens (including phenoxy) is 1. The van der Waals surface area contributed by atoms with E-state index in [2.05, 4.69) is 14.9 Å². The van der Waals surface area contributed by atoms with Gasteiger partial charge < -0.3 is 19.1 Å². The fourth-order valence-corrected chi connectivity index (χ4v) is 5.77. The Kier molecular flexibility index (Phi) is 4.16. The Morgan fingerprint density at radius 1 is 1.03 bits per heavy atom. The number of aromatic nitrogens is 3. The molecule has 4 atom stereocenters. The lowest BCUT2D eigenvalue weighted by atomic mass is 9.83. The van der Waals surface area contributed by atoms with Crippen molar-refractivity contribution in [3.63, 3.8) is 0 Å². The summed E-state index contributed by atoms with van der Waals surface area (Å²) < 4.78 is 7.37. The molecule has 6 rings (SSSR count). The number of hydrogen-bond acceptors (Lipinski definition) is 6. The Morgan fingerprint density at radius 3 is 2.63 bits per heavy atom. The van der Waals surface area contributed by atoms with Crippen LogP contribution in [0.4, 0.5) is 5.82 Å². The summed E-state index contributed by atoms with van der Waals surface area (Å²) in [5.74, 6) is 2.23. The fourth-order valence-electron chi connectivity index (χ4n) is 5.77. The van der Waals surface area contributed by atoms with Gasteiger partial charge in [-0.2, -0.15) is 0 Å². The van der Waals surface area contributed by atoms with E-state index in [-0.39, 0.29) is 17.4 Å². The molecule has 0 aromatic carbocycles. The van der Waals surface area contributed by atoms with E-state index in [1.165, 1.54) is 0 Å². The smallest absolute Gasteiger partial charge is 0.263 e. The molecule has 4 aliphatic rings. The van der Waals surface area contributed by atoms with Crippen molar-refractivity contribution in [2.24, 2.45) is 17.8 Å². The molecular formula is C22H25N5O3. The van der Waals surface area contributed by atoms with Crippen molar-refractivity contribution < 1.29 is 9.53 Å². The van der Waals surface area contributed by atoms with Crippen molar-refractivity contribution in [2.75, 3.05) is 44.3 Å². The van der Waals surface area contributed by atoms with Gasteiger partial charge in [0.1, 0.15) is 11.4 Å². The molecule has 156 valence electrons. The van der Waals surface area contributed by atoms with Crippen molar-refractivity contribution >= 4 is 11.7 Å². The van der Waals surface area contributed by atoms with Crippen LogP contribution in [0.2, 0.25) is 0 Å². The summed E-state index contributed by atoms with van der Waals surface area (Å²) in [5, 5.41) is 0. The monoisotopic (exact) mass is 407 g/mol. The van der Waals surface area contributed by atoms with Gasteiger partial charge in [0.2, 0.25) is 0 Å². The van der Waals surface area contributed by atoms with Crippen LogP contribution in [0.15, 0.2) is 35.5 Å². The van der Waals surface area contributed by atoms with E-state index in [0.29, 0.717) is 43.0 Å². The van der Waals surface area contributed by atoms with Crippen LogP contribution in [0.25, 0.3) is 0 Å². The maximum absolute atomic E-state index is 13.3. The second-order valence-corrected chi connectivity index (χ2v) is 9.12. The summed E-state index contributed by atoms with van der Waals surface area (Å²) >= 11 is 0. The topological polar surface area (TPSA) is 80.6 Å². The molecule has 8 nitrogen and oxygen atoms in total. The quantitative estimate of drug-likeness (QED) is 0.738. The van der Waals surface area contributed by atoms with Crippen molar-refractivity contribution in [3.8, 4) is 0 Å². The minimum Gasteiger partial charge on any atom is -0.381 e. The van der Waals surface area contributed by atoms with E-state index >= 15 is 0 Å². The standard InChI is InChI=1S/C22H25N5O3/c28-21(26-10-16-12-30-13-17(16)11-26)18-1-2-19-15-5-14(8-27(19)22(18)29)7-25(9-15)20-6-23-3-4-24-20/h1-4,6,14-17H,5,7-13H2/t14-,15+,16-,17+/m0/s1. The van der Waals surface area contributed by atoms with Crippen LogP contribution in [0.3, 0.4) is 0 Å². The third-order valence-electron chi connectivity index (χ3n) is 7.24. The van der Waals surface area contributed by atoms with Gasteiger partial charge in [0.25, 0.3) is 11.5 Å². The van der Waals surface area contributed by atoms with Crippen LogP contribution in [0, 0.1) is 17.8 Å². The summed E-state index contributed by atoms with van der Waals surface area (Å²) in [5.41, 5.74) is 1.21. The van der Waals surface area contributed by atoms with E-state index in [1.54, 1.807) is 24.7 Å². The number of carbonyl (C=O) groups is 1. The molecule has 4 aliphatic heterocycles. The second kappa shape index (κ2) is 6.91. The predicted molar refractivity (Wildman–Crippen MR) is 109 cm³/mol. The highest BCUT2D eigenvalue weighted by Gasteiger charge is 2.41. The maximum atomic E-state index is 13.3. The molecule has 6 heterocycles. The zero-order valence-corrected chi connectivity index (χ0v) is 16.8. The van der Waals surface area contributed by atoms with Gasteiger partial charge in [0.15, 0.2) is 0 Å². The number of anilines is 1. The number of fused-ring (bicyclic) bond motifs is 5. The molecule has 0 spiro atoms. The second-order valence-electron chi connectivity index (χ2n) is 9.12. The van der Waals surface area contributed by atoms with E-state index in [1.807, 2.05) is 15.5 Å². The van der Waals surface area contributed by atoms with E-state index in [4.69, 9.17) is 4.74 Å². The number of rotatable bonds is 2. The van der Waals surface area contributed by atoms with Crippen LogP contribution in [-0.4, -0.2) is 64.7 Å². The summed E-state index contributed by atoms with van der Waals surface area (Å²) in [6, 6.07) is 3.75. The molecule has 0 N–H and O–H groups in total. The van der Waals surface area contributed by atoms with Gasteiger partial charge in [-0.15, -0.1) is 0 Å². The summed E-state index contributed by atoms with van der Waals surface area (Å²) in [6.45, 7) is 5.17. The highest BCUT2D eigenvalue weighted by atomic mass is 16.5. The van der Waals surface area contributed by atoms with Gasteiger partial charge >= 0.3 is 0 Å². The first-order valence-corrected chi connectivity index (χ1v) is 10.8. The first-order valence-electron chi connectivity index (χ1n) is 10.8. The van der Waals surface area contributed by atoms with Crippen molar-refractivity contribution in [2.45, 2.75) is 18.9 Å². The van der Waals surface area contributed by atoms with Crippen LogP contribution < -0.4 is 10.5 Å². The third kappa shape index (κ3) is 2.85. The molecule has 1 amide bonds. The normalized spacial score (nSPS) is 29.6. The number of pyridine rings is 1. The molecule has 2 aromatic heterocycles. The van der Waals surface area contributed by atoms with Crippen molar-refractivity contribution in [3.05, 3.63) is 52.3 Å². The third-order valence-corrected chi connectivity index (χ3v) is 7.24. The summed E-state index contributed by atoms with van der Waals surface area (Å²) in [6.07, 6.45) is 6.27. The molecule has 2 bridgehead atoms. The number of nitrogens with zero attached hydrogens (tertiary/aromatic N) is 5. The lowest BCUT2D eigenvalue weighted by Gasteiger charge is -2.43. The molecule has 30 heavy (non-hydrogen) atoms. The molecule has 0 unspecified atom stereocenters. The Labute approximate surface area is 174 Å². The largest absolute Gasteiger partial charge is 0.381 e. The molecule has 3 fully saturated rings. The first kappa shape index (κ1) is 18.1. The van der Waals surface area contributed by atoms with Crippen LogP contribution in [0.5, 0.6) is 0 Å². The summed E-state index contributed by atoms with van der Waals surface area (Å²) in [7, 11) is 0. The van der Waals surface area contributed by atoms with Gasteiger partial charge in [0, 0.05) is 68.6 Å². The number of amides is 1. The highest BCUT2D eigenvalue weighted by Crippen LogP contribution is 2.36. The number of hydrogen-bond donors (Lipinski definition) is 0. The first-order chi connectivity index (χ1) is 14.7. The minimum absolute atomic E-state index is 0.124. The van der Waals surface area contributed by atoms with Crippen LogP contribution >= 0.6 is 0 Å². The molecular weight excluding hydrogens is 382 g/mol. The van der Waals surface area contributed by atoms with E-state index < -0.39 is 0 Å². The molecule has 3 saturated heterocycles. The Balaban J connectivity index is 1.27. The van der Waals surface area contributed by atoms with Crippen molar-refractivity contribution in [1.82, 2.24) is 19.4 Å². The van der Waals surface area contributed by atoms with Gasteiger partial charge in [-0.25, -0.2) is 4.98 Å². The molecule has 0 aliphatic carbocycles. The molecule has 0 saturated carbocycles. The average Bonchev–Trinajstić information content (AvgIpc) is 3.37. The zero-order chi connectivity index (χ0) is 20.2. The van der Waals surface area contributed by atoms with Crippen molar-refractivity contribution in [1.29, 1.82) is 0 Å². The van der Waals surface area contributed by atoms with Gasteiger partial charge in [-0.1, -0.05) is 0 Å². The zero-order valence-electron chi connectivity index (χ0n) is 16.8. The molecule has 0 radical (unpaired) electrons. The van der Waals surface area contributed by atoms with Gasteiger partial charge in [-0.3, -0.25) is 14.6 Å². The average molecular weight is 407 g/mol. The molecule has 8 heteroatoms. The lowest BCUT2D eigenvalue weighted by molar-refractivity contribution is 0.0748. The minimum atomic E-state index is -0.131. The van der Waals surface area contributed by atoms with Crippen LogP contribution in [0.1, 0.15) is 28.4 Å². The number of carbonyl (C=O) groups excluding carboxylic acids is 1. The number of likely N-dealkylation sites (tertiary alicyclic amines) is 1. The Morgan fingerprint density at radius 2 is 1.87 bits per heavy atom. The van der Waals surface area contributed by atoms with E-state index in [0.717, 1.165) is 44.2 Å². The van der Waals surface area contributed by atoms with Gasteiger partial charge in [0.05, 0.1) is 19.4 Å². The Hall–Kier alpha value is -2.74. The summed E-state index contributed by atoms with van der Waals surface area (Å²) in [4.78, 5) is 39.2. The SMILES string of the molecule is O=C(c1ccc2n(c1=O)C[C@H]1C[C@@H]2CN(c2cnccn2)C1)N1C[C@H]2COC[C@H]2C1. The predicted octanol–water partition coefficient (Wildman–Crippen LogP) is 0.980. The van der Waals surface area contributed by atoms with E-state index in [9.17, 15) is 9.59 Å². The lowest BCUT2D eigenvalue weighted by Crippen LogP contribution is -2.48. The molecule has 2 aromatic rings. The number of piperidine rings is 1.